The summed E-state index contributed by atoms with van der Waals surface area (Å²) in [5.74, 6) is -1.35. The van der Waals surface area contributed by atoms with Crippen LogP contribution in [0.1, 0.15) is 13.3 Å². The predicted molar refractivity (Wildman–Crippen MR) is 72.4 cm³/mol. The number of rotatable bonds is 2. The molecular weight excluding hydrogens is 268 g/mol. The average Bonchev–Trinajstić information content (AvgIpc) is 2.71. The molecule has 1 saturated heterocycles. The number of hydrogen-bond acceptors (Lipinski definition) is 2. The first-order valence-corrected chi connectivity index (χ1v) is 6.43. The lowest BCUT2D eigenvalue weighted by atomic mass is 10.0. The molecule has 2 N–H and O–H groups in total. The maximum Gasteiger partial charge on any atom is 0.322 e. The summed E-state index contributed by atoms with van der Waals surface area (Å²) in [6.45, 7) is 2.20. The van der Waals surface area contributed by atoms with Crippen molar-refractivity contribution in [1.29, 1.82) is 0 Å². The van der Waals surface area contributed by atoms with Gasteiger partial charge in [0, 0.05) is 23.3 Å². The van der Waals surface area contributed by atoms with E-state index in [2.05, 4.69) is 5.32 Å². The number of halogens is 1. The fraction of sp³-hybridized carbons (Fsp3) is 0.385. The topological polar surface area (TPSA) is 69.6 Å². The Morgan fingerprint density at radius 2 is 2.21 bits per heavy atom. The van der Waals surface area contributed by atoms with Crippen molar-refractivity contribution in [2.45, 2.75) is 19.4 Å². The van der Waals surface area contributed by atoms with Gasteiger partial charge < -0.3 is 15.3 Å². The molecule has 1 heterocycles. The van der Waals surface area contributed by atoms with Crippen LogP contribution in [-0.4, -0.2) is 34.6 Å². The van der Waals surface area contributed by atoms with Crippen molar-refractivity contribution in [2.75, 3.05) is 11.9 Å². The summed E-state index contributed by atoms with van der Waals surface area (Å²) in [6, 6.07) is 6.24. The van der Waals surface area contributed by atoms with Gasteiger partial charge in [-0.15, -0.1) is 0 Å². The molecule has 1 aromatic carbocycles. The van der Waals surface area contributed by atoms with Crippen LogP contribution in [0.2, 0.25) is 5.02 Å². The molecule has 2 unspecified atom stereocenters. The largest absolute Gasteiger partial charge is 0.481 e. The van der Waals surface area contributed by atoms with E-state index in [-0.39, 0.29) is 12.1 Å². The maximum absolute atomic E-state index is 12.1. The number of carbonyl (C=O) groups is 2. The Bertz CT molecular complexity index is 506. The molecule has 1 aliphatic rings. The number of nitrogens with one attached hydrogen (secondary N) is 1. The highest BCUT2D eigenvalue weighted by atomic mass is 35.5. The number of likely N-dealkylation sites (tertiary alicyclic amines) is 1. The second-order valence-corrected chi connectivity index (χ2v) is 5.04. The number of carboxylic acids is 1. The number of urea groups is 1. The third-order valence-corrected chi connectivity index (χ3v) is 3.64. The van der Waals surface area contributed by atoms with E-state index in [0.29, 0.717) is 23.7 Å². The molecule has 0 saturated carbocycles. The summed E-state index contributed by atoms with van der Waals surface area (Å²) in [5, 5.41) is 12.3. The number of nitrogens with zero attached hydrogens (tertiary/aromatic N) is 1. The van der Waals surface area contributed by atoms with Gasteiger partial charge in [0.05, 0.1) is 5.92 Å². The molecule has 1 aromatic rings. The van der Waals surface area contributed by atoms with E-state index < -0.39 is 11.9 Å². The first-order valence-electron chi connectivity index (χ1n) is 6.05. The molecule has 0 spiro atoms. The third kappa shape index (κ3) is 2.98. The van der Waals surface area contributed by atoms with Crippen LogP contribution in [0.5, 0.6) is 0 Å². The zero-order chi connectivity index (χ0) is 14.0. The highest BCUT2D eigenvalue weighted by Gasteiger charge is 2.38. The molecule has 1 fully saturated rings. The minimum atomic E-state index is -0.856. The number of carbonyl (C=O) groups excluding carboxylic acids is 1. The summed E-state index contributed by atoms with van der Waals surface area (Å²) < 4.78 is 0. The number of benzene rings is 1. The van der Waals surface area contributed by atoms with E-state index >= 15 is 0 Å². The highest BCUT2D eigenvalue weighted by Crippen LogP contribution is 2.25. The normalized spacial score (nSPS) is 22.3. The first kappa shape index (κ1) is 13.7. The Morgan fingerprint density at radius 1 is 1.47 bits per heavy atom. The van der Waals surface area contributed by atoms with Crippen molar-refractivity contribution in [1.82, 2.24) is 4.90 Å². The molecule has 2 rings (SSSR count). The van der Waals surface area contributed by atoms with E-state index in [4.69, 9.17) is 16.7 Å². The maximum atomic E-state index is 12.1. The number of hydrogen-bond donors (Lipinski definition) is 2. The second-order valence-electron chi connectivity index (χ2n) is 4.61. The quantitative estimate of drug-likeness (QED) is 0.876. The molecule has 1 aliphatic heterocycles. The molecule has 19 heavy (non-hydrogen) atoms. The zero-order valence-electron chi connectivity index (χ0n) is 10.5. The van der Waals surface area contributed by atoms with E-state index in [1.54, 1.807) is 36.1 Å². The van der Waals surface area contributed by atoms with Gasteiger partial charge in [-0.25, -0.2) is 4.79 Å². The van der Waals surface area contributed by atoms with Crippen LogP contribution >= 0.6 is 11.6 Å². The minimum absolute atomic E-state index is 0.293. The van der Waals surface area contributed by atoms with Crippen molar-refractivity contribution < 1.29 is 14.7 Å². The third-order valence-electron chi connectivity index (χ3n) is 3.41. The molecular formula is C13H15ClN2O3. The van der Waals surface area contributed by atoms with Gasteiger partial charge in [0.15, 0.2) is 0 Å². The molecule has 6 heteroatoms. The van der Waals surface area contributed by atoms with Crippen LogP contribution in [0.3, 0.4) is 0 Å². The van der Waals surface area contributed by atoms with Crippen molar-refractivity contribution in [2.24, 2.45) is 5.92 Å². The Hall–Kier alpha value is -1.75. The average molecular weight is 283 g/mol. The van der Waals surface area contributed by atoms with Crippen LogP contribution < -0.4 is 5.32 Å². The summed E-state index contributed by atoms with van der Waals surface area (Å²) in [7, 11) is 0. The summed E-state index contributed by atoms with van der Waals surface area (Å²) >= 11 is 5.84. The summed E-state index contributed by atoms with van der Waals surface area (Å²) in [6.07, 6.45) is 0.486. The van der Waals surface area contributed by atoms with Gasteiger partial charge in [0.25, 0.3) is 0 Å². The van der Waals surface area contributed by atoms with Gasteiger partial charge in [-0.1, -0.05) is 17.7 Å². The monoisotopic (exact) mass is 282 g/mol. The molecule has 0 aliphatic carbocycles. The highest BCUT2D eigenvalue weighted by molar-refractivity contribution is 6.30. The molecule has 102 valence electrons. The smallest absolute Gasteiger partial charge is 0.322 e. The lowest BCUT2D eigenvalue weighted by Gasteiger charge is -2.23. The predicted octanol–water partition coefficient (Wildman–Crippen LogP) is 2.67. The lowest BCUT2D eigenvalue weighted by Crippen LogP contribution is -2.40. The molecule has 2 atom stereocenters. The van der Waals surface area contributed by atoms with Crippen LogP contribution in [0, 0.1) is 5.92 Å². The number of aliphatic carboxylic acids is 1. The number of amides is 2. The number of carboxylic acid groups (broad SMARTS) is 1. The van der Waals surface area contributed by atoms with Crippen molar-refractivity contribution in [3.8, 4) is 0 Å². The van der Waals surface area contributed by atoms with Crippen molar-refractivity contribution in [3.05, 3.63) is 29.3 Å². The van der Waals surface area contributed by atoms with Gasteiger partial charge in [-0.05, 0) is 31.5 Å². The Labute approximate surface area is 116 Å². The van der Waals surface area contributed by atoms with E-state index in [0.717, 1.165) is 0 Å². The van der Waals surface area contributed by atoms with Crippen LogP contribution in [0.25, 0.3) is 0 Å². The Kier molecular flexibility index (Phi) is 3.95. The SMILES string of the molecule is CC1C(C(=O)O)CCN1C(=O)Nc1cccc(Cl)c1. The van der Waals surface area contributed by atoms with Gasteiger partial charge in [0.1, 0.15) is 0 Å². The fourth-order valence-electron chi connectivity index (χ4n) is 2.32. The molecule has 5 nitrogen and oxygen atoms in total. The number of anilines is 1. The minimum Gasteiger partial charge on any atom is -0.481 e. The second kappa shape index (κ2) is 5.48. The van der Waals surface area contributed by atoms with Crippen molar-refractivity contribution in [3.63, 3.8) is 0 Å². The molecule has 0 aromatic heterocycles. The van der Waals surface area contributed by atoms with E-state index in [9.17, 15) is 9.59 Å². The van der Waals surface area contributed by atoms with Crippen LogP contribution in [0.4, 0.5) is 10.5 Å². The van der Waals surface area contributed by atoms with Gasteiger partial charge >= 0.3 is 12.0 Å². The van der Waals surface area contributed by atoms with Gasteiger partial charge in [-0.2, -0.15) is 0 Å². The molecule has 0 bridgehead atoms. The van der Waals surface area contributed by atoms with Gasteiger partial charge in [0.2, 0.25) is 0 Å². The fourth-order valence-corrected chi connectivity index (χ4v) is 2.51. The summed E-state index contributed by atoms with van der Waals surface area (Å²) in [5.41, 5.74) is 0.600. The summed E-state index contributed by atoms with van der Waals surface area (Å²) in [4.78, 5) is 24.6. The van der Waals surface area contributed by atoms with E-state index in [1.807, 2.05) is 0 Å². The standard InChI is InChI=1S/C13H15ClN2O3/c1-8-11(12(17)18)5-6-16(8)13(19)15-10-4-2-3-9(14)7-10/h2-4,7-8,11H,5-6H2,1H3,(H,15,19)(H,17,18). The van der Waals surface area contributed by atoms with Crippen molar-refractivity contribution >= 4 is 29.3 Å². The first-order chi connectivity index (χ1) is 8.99. The Morgan fingerprint density at radius 3 is 2.79 bits per heavy atom. The van der Waals surface area contributed by atoms with Gasteiger partial charge in [-0.3, -0.25) is 4.79 Å². The van der Waals surface area contributed by atoms with Crippen LogP contribution in [0.15, 0.2) is 24.3 Å². The van der Waals surface area contributed by atoms with E-state index in [1.165, 1.54) is 0 Å². The molecule has 2 amide bonds. The molecule has 0 radical (unpaired) electrons. The lowest BCUT2D eigenvalue weighted by molar-refractivity contribution is -0.142. The van der Waals surface area contributed by atoms with Crippen LogP contribution in [-0.2, 0) is 4.79 Å². The Balaban J connectivity index is 2.03. The zero-order valence-corrected chi connectivity index (χ0v) is 11.2.